The number of carbonyl (C=O) groups excluding carboxylic acids is 1. The number of nitrogens with zero attached hydrogens (tertiary/aromatic N) is 1. The average molecular weight is 203 g/mol. The highest BCUT2D eigenvalue weighted by atomic mass is 16.5. The Hall–Kier alpha value is -1.61. The highest BCUT2D eigenvalue weighted by molar-refractivity contribution is 5.93. The molecule has 15 heavy (non-hydrogen) atoms. The van der Waals surface area contributed by atoms with E-state index in [-0.39, 0.29) is 11.9 Å². The zero-order valence-corrected chi connectivity index (χ0v) is 8.34. The van der Waals surface area contributed by atoms with Crippen molar-refractivity contribution >= 4 is 5.91 Å². The van der Waals surface area contributed by atoms with Gasteiger partial charge in [0.05, 0.1) is 6.04 Å². The molecular formula is C12H13NO2. The number of allylic oxidation sites excluding steroid dienone is 1. The number of hydrogen-bond acceptors (Lipinski definition) is 2. The first-order valence-electron chi connectivity index (χ1n) is 5.03. The Kier molecular flexibility index (Phi) is 2.83. The molecule has 2 rings (SSSR count). The number of rotatable bonds is 2. The van der Waals surface area contributed by atoms with Crippen LogP contribution in [-0.4, -0.2) is 22.2 Å². The summed E-state index contributed by atoms with van der Waals surface area (Å²) in [5.74, 6) is -0.341. The van der Waals surface area contributed by atoms with E-state index in [0.29, 0.717) is 5.56 Å². The summed E-state index contributed by atoms with van der Waals surface area (Å²) in [6.45, 7) is 0. The number of hydrogen-bond donors (Lipinski definition) is 1. The Morgan fingerprint density at radius 2 is 2.07 bits per heavy atom. The number of hydroxylamine groups is 2. The summed E-state index contributed by atoms with van der Waals surface area (Å²) in [5, 5.41) is 10.5. The monoisotopic (exact) mass is 203 g/mol. The van der Waals surface area contributed by atoms with E-state index < -0.39 is 0 Å². The first-order chi connectivity index (χ1) is 7.29. The van der Waals surface area contributed by atoms with Gasteiger partial charge in [0.25, 0.3) is 5.91 Å². The van der Waals surface area contributed by atoms with Gasteiger partial charge in [-0.1, -0.05) is 30.4 Å². The molecule has 1 aromatic rings. The number of carbonyl (C=O) groups is 1. The molecular weight excluding hydrogens is 190 g/mol. The maximum atomic E-state index is 11.8. The van der Waals surface area contributed by atoms with Crippen molar-refractivity contribution in [2.45, 2.75) is 18.9 Å². The van der Waals surface area contributed by atoms with Crippen molar-refractivity contribution in [3.8, 4) is 0 Å². The Balaban J connectivity index is 2.11. The van der Waals surface area contributed by atoms with Gasteiger partial charge < -0.3 is 0 Å². The molecule has 78 valence electrons. The second kappa shape index (κ2) is 4.28. The quantitative estimate of drug-likeness (QED) is 0.455. The Morgan fingerprint density at radius 1 is 1.33 bits per heavy atom. The SMILES string of the molecule is O=C(c1ccccc1)N(O)C1C=CCC1. The van der Waals surface area contributed by atoms with Crippen LogP contribution in [0.1, 0.15) is 23.2 Å². The van der Waals surface area contributed by atoms with Gasteiger partial charge in [-0.25, -0.2) is 5.06 Å². The van der Waals surface area contributed by atoms with Crippen LogP contribution in [0.4, 0.5) is 0 Å². The van der Waals surface area contributed by atoms with E-state index in [1.807, 2.05) is 18.2 Å². The maximum absolute atomic E-state index is 11.8. The van der Waals surface area contributed by atoms with Gasteiger partial charge in [0.1, 0.15) is 0 Å². The van der Waals surface area contributed by atoms with E-state index in [2.05, 4.69) is 0 Å². The van der Waals surface area contributed by atoms with Crippen LogP contribution in [0, 0.1) is 0 Å². The zero-order valence-electron chi connectivity index (χ0n) is 8.34. The average Bonchev–Trinajstić information content (AvgIpc) is 2.82. The summed E-state index contributed by atoms with van der Waals surface area (Å²) in [6, 6.07) is 8.64. The van der Waals surface area contributed by atoms with Crippen molar-refractivity contribution in [3.63, 3.8) is 0 Å². The van der Waals surface area contributed by atoms with Crippen LogP contribution < -0.4 is 0 Å². The third-order valence-corrected chi connectivity index (χ3v) is 2.53. The molecule has 3 heteroatoms. The predicted octanol–water partition coefficient (Wildman–Crippen LogP) is 2.24. The molecule has 0 saturated carbocycles. The second-order valence-corrected chi connectivity index (χ2v) is 3.59. The lowest BCUT2D eigenvalue weighted by atomic mass is 10.2. The minimum Gasteiger partial charge on any atom is -0.285 e. The Bertz CT molecular complexity index is 372. The van der Waals surface area contributed by atoms with E-state index in [9.17, 15) is 10.0 Å². The molecule has 1 amide bonds. The lowest BCUT2D eigenvalue weighted by Crippen LogP contribution is -2.35. The molecule has 0 spiro atoms. The molecule has 0 aliphatic heterocycles. The van der Waals surface area contributed by atoms with E-state index >= 15 is 0 Å². The normalized spacial score (nSPS) is 19.1. The molecule has 0 heterocycles. The molecule has 1 N–H and O–H groups in total. The summed E-state index contributed by atoms with van der Waals surface area (Å²) in [4.78, 5) is 11.8. The zero-order chi connectivity index (χ0) is 10.7. The van der Waals surface area contributed by atoms with Gasteiger partial charge in [-0.05, 0) is 25.0 Å². The fraction of sp³-hybridized carbons (Fsp3) is 0.250. The first kappa shape index (κ1) is 9.93. The van der Waals surface area contributed by atoms with Crippen LogP contribution in [-0.2, 0) is 0 Å². The van der Waals surface area contributed by atoms with Gasteiger partial charge in [0, 0.05) is 5.56 Å². The van der Waals surface area contributed by atoms with Crippen LogP contribution in [0.3, 0.4) is 0 Å². The van der Waals surface area contributed by atoms with E-state index in [1.165, 1.54) is 0 Å². The summed E-state index contributed by atoms with van der Waals surface area (Å²) >= 11 is 0. The molecule has 0 saturated heterocycles. The standard InChI is InChI=1S/C12H13NO2/c14-12(10-6-2-1-3-7-10)13(15)11-8-4-5-9-11/h1-4,6-8,11,15H,5,9H2. The van der Waals surface area contributed by atoms with E-state index in [1.54, 1.807) is 24.3 Å². The van der Waals surface area contributed by atoms with Crippen LogP contribution in [0.15, 0.2) is 42.5 Å². The largest absolute Gasteiger partial charge is 0.285 e. The van der Waals surface area contributed by atoms with Crippen molar-refractivity contribution in [1.29, 1.82) is 0 Å². The summed E-state index contributed by atoms with van der Waals surface area (Å²) in [6.07, 6.45) is 5.56. The molecule has 1 aliphatic rings. The van der Waals surface area contributed by atoms with Gasteiger partial charge in [-0.15, -0.1) is 0 Å². The van der Waals surface area contributed by atoms with Crippen LogP contribution >= 0.6 is 0 Å². The van der Waals surface area contributed by atoms with Crippen molar-refractivity contribution in [3.05, 3.63) is 48.0 Å². The van der Waals surface area contributed by atoms with Gasteiger partial charge in [0.15, 0.2) is 0 Å². The summed E-state index contributed by atoms with van der Waals surface area (Å²) in [5.41, 5.74) is 0.514. The lowest BCUT2D eigenvalue weighted by Gasteiger charge is -2.20. The highest BCUT2D eigenvalue weighted by Crippen LogP contribution is 2.16. The van der Waals surface area contributed by atoms with Gasteiger partial charge in [0.2, 0.25) is 0 Å². The van der Waals surface area contributed by atoms with E-state index in [4.69, 9.17) is 0 Å². The third-order valence-electron chi connectivity index (χ3n) is 2.53. The van der Waals surface area contributed by atoms with Crippen LogP contribution in [0.5, 0.6) is 0 Å². The third kappa shape index (κ3) is 2.07. The molecule has 0 bridgehead atoms. The number of benzene rings is 1. The van der Waals surface area contributed by atoms with Crippen molar-refractivity contribution < 1.29 is 10.0 Å². The van der Waals surface area contributed by atoms with Gasteiger partial charge in [-0.2, -0.15) is 0 Å². The van der Waals surface area contributed by atoms with Crippen molar-refractivity contribution in [2.24, 2.45) is 0 Å². The number of amides is 1. The molecule has 1 atom stereocenters. The van der Waals surface area contributed by atoms with Crippen LogP contribution in [0.2, 0.25) is 0 Å². The predicted molar refractivity (Wildman–Crippen MR) is 56.6 cm³/mol. The Morgan fingerprint density at radius 3 is 2.67 bits per heavy atom. The van der Waals surface area contributed by atoms with Crippen molar-refractivity contribution in [1.82, 2.24) is 5.06 Å². The summed E-state index contributed by atoms with van der Waals surface area (Å²) < 4.78 is 0. The molecule has 0 fully saturated rings. The van der Waals surface area contributed by atoms with Crippen LogP contribution in [0.25, 0.3) is 0 Å². The smallest absolute Gasteiger partial charge is 0.277 e. The lowest BCUT2D eigenvalue weighted by molar-refractivity contribution is -0.0764. The molecule has 0 aromatic heterocycles. The topological polar surface area (TPSA) is 40.5 Å². The molecule has 0 radical (unpaired) electrons. The molecule has 3 nitrogen and oxygen atoms in total. The minimum atomic E-state index is -0.341. The van der Waals surface area contributed by atoms with Gasteiger partial charge >= 0.3 is 0 Å². The second-order valence-electron chi connectivity index (χ2n) is 3.59. The van der Waals surface area contributed by atoms with E-state index in [0.717, 1.165) is 17.9 Å². The summed E-state index contributed by atoms with van der Waals surface area (Å²) in [7, 11) is 0. The molecule has 1 aliphatic carbocycles. The minimum absolute atomic E-state index is 0.169. The fourth-order valence-corrected chi connectivity index (χ4v) is 1.68. The fourth-order valence-electron chi connectivity index (χ4n) is 1.68. The van der Waals surface area contributed by atoms with Crippen molar-refractivity contribution in [2.75, 3.05) is 0 Å². The molecule has 1 unspecified atom stereocenters. The highest BCUT2D eigenvalue weighted by Gasteiger charge is 2.22. The Labute approximate surface area is 88.6 Å². The van der Waals surface area contributed by atoms with Gasteiger partial charge in [-0.3, -0.25) is 10.0 Å². The first-order valence-corrected chi connectivity index (χ1v) is 5.03. The molecule has 1 aromatic carbocycles. The maximum Gasteiger partial charge on any atom is 0.277 e.